The fraction of sp³-hybridized carbons (Fsp3) is 0.300. The lowest BCUT2D eigenvalue weighted by Crippen LogP contribution is -2.36. The van der Waals surface area contributed by atoms with Gasteiger partial charge in [0.15, 0.2) is 0 Å². The van der Waals surface area contributed by atoms with Gasteiger partial charge in [-0.2, -0.15) is 0 Å². The van der Waals surface area contributed by atoms with Gasteiger partial charge in [-0.05, 0) is 55.7 Å². The van der Waals surface area contributed by atoms with E-state index in [0.29, 0.717) is 21.3 Å². The maximum absolute atomic E-state index is 13.8. The lowest BCUT2D eigenvalue weighted by atomic mass is 10.1. The molecule has 2 aromatic carbocycles. The zero-order valence-electron chi connectivity index (χ0n) is 15.1. The third kappa shape index (κ3) is 5.14. The number of anilines is 2. The molecular weight excluding hydrogens is 404 g/mol. The monoisotopic (exact) mass is 423 g/mol. The number of benzene rings is 2. The summed E-state index contributed by atoms with van der Waals surface area (Å²) >= 11 is 11.9. The van der Waals surface area contributed by atoms with Crippen LogP contribution < -0.4 is 10.6 Å². The van der Waals surface area contributed by atoms with Gasteiger partial charge in [-0.25, -0.2) is 4.39 Å². The van der Waals surface area contributed by atoms with Crippen LogP contribution in [-0.4, -0.2) is 36.3 Å². The van der Waals surface area contributed by atoms with E-state index in [2.05, 4.69) is 10.6 Å². The SMILES string of the molecule is O=C(CNc1cc(Cl)ccc1C(=O)N1CCCCC1)Nc1cc(Cl)ccc1F. The molecule has 1 aliphatic rings. The number of halogens is 3. The van der Waals surface area contributed by atoms with Crippen molar-refractivity contribution in [1.29, 1.82) is 0 Å². The summed E-state index contributed by atoms with van der Waals surface area (Å²) in [6.07, 6.45) is 3.08. The van der Waals surface area contributed by atoms with Crippen molar-refractivity contribution >= 4 is 46.4 Å². The number of piperidine rings is 1. The summed E-state index contributed by atoms with van der Waals surface area (Å²) in [4.78, 5) is 26.8. The average molecular weight is 424 g/mol. The highest BCUT2D eigenvalue weighted by atomic mass is 35.5. The Bertz CT molecular complexity index is 886. The summed E-state index contributed by atoms with van der Waals surface area (Å²) in [7, 11) is 0. The normalized spacial score (nSPS) is 13.9. The summed E-state index contributed by atoms with van der Waals surface area (Å²) in [6, 6.07) is 8.81. The number of hydrogen-bond donors (Lipinski definition) is 2. The molecule has 1 heterocycles. The molecule has 2 aromatic rings. The molecule has 8 heteroatoms. The van der Waals surface area contributed by atoms with Crippen molar-refractivity contribution < 1.29 is 14.0 Å². The molecule has 3 rings (SSSR count). The second-order valence-corrected chi connectivity index (χ2v) is 7.44. The van der Waals surface area contributed by atoms with Crippen molar-refractivity contribution in [2.45, 2.75) is 19.3 Å². The molecule has 0 radical (unpaired) electrons. The molecule has 148 valence electrons. The number of likely N-dealkylation sites (tertiary alicyclic amines) is 1. The lowest BCUT2D eigenvalue weighted by Gasteiger charge is -2.27. The van der Waals surface area contributed by atoms with Crippen molar-refractivity contribution in [3.8, 4) is 0 Å². The maximum atomic E-state index is 13.8. The first kappa shape index (κ1) is 20.4. The predicted octanol–water partition coefficient (Wildman–Crippen LogP) is 4.81. The molecule has 1 saturated heterocycles. The van der Waals surface area contributed by atoms with Crippen LogP contribution in [-0.2, 0) is 4.79 Å². The van der Waals surface area contributed by atoms with Gasteiger partial charge in [0.2, 0.25) is 5.91 Å². The van der Waals surface area contributed by atoms with E-state index < -0.39 is 11.7 Å². The molecule has 5 nitrogen and oxygen atoms in total. The molecule has 2 N–H and O–H groups in total. The largest absolute Gasteiger partial charge is 0.375 e. The van der Waals surface area contributed by atoms with Crippen LogP contribution in [0.2, 0.25) is 10.0 Å². The van der Waals surface area contributed by atoms with Crippen molar-refractivity contribution in [1.82, 2.24) is 4.90 Å². The second kappa shape index (κ2) is 9.26. The second-order valence-electron chi connectivity index (χ2n) is 6.57. The van der Waals surface area contributed by atoms with Crippen LogP contribution in [0.1, 0.15) is 29.6 Å². The van der Waals surface area contributed by atoms with Gasteiger partial charge >= 0.3 is 0 Å². The fourth-order valence-electron chi connectivity index (χ4n) is 3.08. The minimum atomic E-state index is -0.582. The van der Waals surface area contributed by atoms with E-state index in [4.69, 9.17) is 23.2 Å². The van der Waals surface area contributed by atoms with Gasteiger partial charge in [0.25, 0.3) is 5.91 Å². The van der Waals surface area contributed by atoms with Crippen LogP contribution in [0.3, 0.4) is 0 Å². The summed E-state index contributed by atoms with van der Waals surface area (Å²) < 4.78 is 13.8. The van der Waals surface area contributed by atoms with E-state index in [-0.39, 0.29) is 18.1 Å². The zero-order valence-corrected chi connectivity index (χ0v) is 16.6. The average Bonchev–Trinajstić information content (AvgIpc) is 2.69. The van der Waals surface area contributed by atoms with Crippen LogP contribution in [0.4, 0.5) is 15.8 Å². The minimum Gasteiger partial charge on any atom is -0.375 e. The fourth-order valence-corrected chi connectivity index (χ4v) is 3.42. The summed E-state index contributed by atoms with van der Waals surface area (Å²) in [6.45, 7) is 1.28. The molecule has 1 fully saturated rings. The van der Waals surface area contributed by atoms with Crippen LogP contribution in [0.15, 0.2) is 36.4 Å². The Hall–Kier alpha value is -2.31. The van der Waals surface area contributed by atoms with Gasteiger partial charge in [0.1, 0.15) is 5.82 Å². The lowest BCUT2D eigenvalue weighted by molar-refractivity contribution is -0.114. The van der Waals surface area contributed by atoms with Crippen molar-refractivity contribution in [3.05, 3.63) is 57.8 Å². The minimum absolute atomic E-state index is 0.00462. The molecular formula is C20H20Cl2FN3O2. The van der Waals surface area contributed by atoms with E-state index in [1.807, 2.05) is 0 Å². The highest BCUT2D eigenvalue weighted by Gasteiger charge is 2.21. The number of nitrogens with zero attached hydrogens (tertiary/aromatic N) is 1. The number of carbonyl (C=O) groups excluding carboxylic acids is 2. The smallest absolute Gasteiger partial charge is 0.255 e. The Kier molecular flexibility index (Phi) is 6.75. The number of carbonyl (C=O) groups is 2. The Balaban J connectivity index is 1.69. The van der Waals surface area contributed by atoms with E-state index in [0.717, 1.165) is 32.4 Å². The first-order valence-corrected chi connectivity index (χ1v) is 9.77. The topological polar surface area (TPSA) is 61.4 Å². The molecule has 0 aliphatic carbocycles. The molecule has 0 bridgehead atoms. The first-order chi connectivity index (χ1) is 13.4. The Morgan fingerprint density at radius 3 is 2.32 bits per heavy atom. The van der Waals surface area contributed by atoms with Gasteiger partial charge in [-0.3, -0.25) is 9.59 Å². The Morgan fingerprint density at radius 2 is 1.61 bits per heavy atom. The molecule has 0 saturated carbocycles. The Labute approximate surface area is 172 Å². The van der Waals surface area contributed by atoms with Gasteiger partial charge in [-0.1, -0.05) is 23.2 Å². The zero-order chi connectivity index (χ0) is 20.1. The van der Waals surface area contributed by atoms with Gasteiger partial charge < -0.3 is 15.5 Å². The molecule has 1 aliphatic heterocycles. The summed E-state index contributed by atoms with van der Waals surface area (Å²) in [5.41, 5.74) is 0.910. The number of rotatable bonds is 5. The quantitative estimate of drug-likeness (QED) is 0.725. The third-order valence-electron chi connectivity index (χ3n) is 4.50. The van der Waals surface area contributed by atoms with E-state index >= 15 is 0 Å². The Morgan fingerprint density at radius 1 is 0.964 bits per heavy atom. The highest BCUT2D eigenvalue weighted by Crippen LogP contribution is 2.24. The predicted molar refractivity (Wildman–Crippen MR) is 110 cm³/mol. The van der Waals surface area contributed by atoms with Crippen molar-refractivity contribution in [3.63, 3.8) is 0 Å². The summed E-state index contributed by atoms with van der Waals surface area (Å²) in [5.74, 6) is -1.15. The van der Waals surface area contributed by atoms with Gasteiger partial charge in [0, 0.05) is 28.8 Å². The van der Waals surface area contributed by atoms with E-state index in [1.54, 1.807) is 23.1 Å². The van der Waals surface area contributed by atoms with Crippen LogP contribution in [0.25, 0.3) is 0 Å². The highest BCUT2D eigenvalue weighted by molar-refractivity contribution is 6.31. The van der Waals surface area contributed by atoms with E-state index in [9.17, 15) is 14.0 Å². The molecule has 0 spiro atoms. The van der Waals surface area contributed by atoms with E-state index in [1.165, 1.54) is 18.2 Å². The first-order valence-electron chi connectivity index (χ1n) is 9.01. The molecule has 2 amide bonds. The standard InChI is InChI=1S/C20H20Cl2FN3O2/c21-13-4-6-15(20(28)26-8-2-1-3-9-26)17(10-13)24-12-19(27)25-18-11-14(22)5-7-16(18)23/h4-7,10-11,24H,1-3,8-9,12H2,(H,25,27). The molecule has 0 aromatic heterocycles. The third-order valence-corrected chi connectivity index (χ3v) is 4.97. The van der Waals surface area contributed by atoms with Crippen LogP contribution in [0, 0.1) is 5.82 Å². The molecule has 28 heavy (non-hydrogen) atoms. The number of hydrogen-bond acceptors (Lipinski definition) is 3. The van der Waals surface area contributed by atoms with Gasteiger partial charge in [0.05, 0.1) is 17.8 Å². The maximum Gasteiger partial charge on any atom is 0.255 e. The molecule has 0 atom stereocenters. The number of amides is 2. The van der Waals surface area contributed by atoms with Crippen LogP contribution >= 0.6 is 23.2 Å². The molecule has 0 unspecified atom stereocenters. The van der Waals surface area contributed by atoms with Crippen LogP contribution in [0.5, 0.6) is 0 Å². The number of nitrogens with one attached hydrogen (secondary N) is 2. The van der Waals surface area contributed by atoms with Crippen molar-refractivity contribution in [2.75, 3.05) is 30.3 Å². The van der Waals surface area contributed by atoms with Gasteiger partial charge in [-0.15, -0.1) is 0 Å². The summed E-state index contributed by atoms with van der Waals surface area (Å²) in [5, 5.41) is 6.14. The van der Waals surface area contributed by atoms with Crippen molar-refractivity contribution in [2.24, 2.45) is 0 Å².